The summed E-state index contributed by atoms with van der Waals surface area (Å²) in [4.78, 5) is 36.1. The Bertz CT molecular complexity index is 681. The van der Waals surface area contributed by atoms with Gasteiger partial charge in [0.25, 0.3) is 0 Å². The number of benzene rings is 1. The Labute approximate surface area is 191 Å². The number of esters is 1. The van der Waals surface area contributed by atoms with Crippen molar-refractivity contribution in [1.29, 1.82) is 0 Å². The monoisotopic (exact) mass is 535 g/mol. The van der Waals surface area contributed by atoms with E-state index in [0.717, 1.165) is 5.56 Å². The van der Waals surface area contributed by atoms with Gasteiger partial charge >= 0.3 is 18.2 Å². The summed E-state index contributed by atoms with van der Waals surface area (Å²) < 4.78 is 20.5. The molecule has 0 unspecified atom stereocenters. The second-order valence-corrected chi connectivity index (χ2v) is 8.26. The third-order valence-corrected chi connectivity index (χ3v) is 4.62. The molecule has 8 nitrogen and oxygen atoms in total. The van der Waals surface area contributed by atoms with E-state index in [2.05, 4.69) is 5.32 Å². The van der Waals surface area contributed by atoms with E-state index in [1.807, 2.05) is 66.8 Å². The molecule has 0 bridgehead atoms. The average Bonchev–Trinajstić information content (AvgIpc) is 2.73. The highest BCUT2D eigenvalue weighted by Crippen LogP contribution is 2.18. The molecule has 0 saturated heterocycles. The largest absolute Gasteiger partial charge is 0.509 e. The van der Waals surface area contributed by atoms with Gasteiger partial charge in [-0.3, -0.25) is 0 Å². The zero-order chi connectivity index (χ0) is 22.6. The fourth-order valence-electron chi connectivity index (χ4n) is 2.30. The van der Waals surface area contributed by atoms with Crippen molar-refractivity contribution < 1.29 is 33.3 Å². The summed E-state index contributed by atoms with van der Waals surface area (Å²) in [6.45, 7) is 7.48. The van der Waals surface area contributed by atoms with Crippen LogP contribution in [0.4, 0.5) is 9.59 Å². The lowest BCUT2D eigenvalue weighted by Gasteiger charge is -2.27. The van der Waals surface area contributed by atoms with Crippen molar-refractivity contribution in [3.63, 3.8) is 0 Å². The zero-order valence-electron chi connectivity index (χ0n) is 17.8. The van der Waals surface area contributed by atoms with Crippen LogP contribution in [-0.4, -0.2) is 42.1 Å². The SMILES string of the molecule is CC[C@H](C)[C@H](NC(=O)OCc1ccccc1)C(=O)OCC(C)(C)COC(=O)OCI. The fourth-order valence-corrected chi connectivity index (χ4v) is 2.55. The van der Waals surface area contributed by atoms with E-state index in [4.69, 9.17) is 18.9 Å². The van der Waals surface area contributed by atoms with Gasteiger partial charge in [-0.05, 0) is 34.1 Å². The van der Waals surface area contributed by atoms with Crippen molar-refractivity contribution in [3.05, 3.63) is 35.9 Å². The maximum atomic E-state index is 12.6. The van der Waals surface area contributed by atoms with Gasteiger partial charge < -0.3 is 24.3 Å². The van der Waals surface area contributed by atoms with Gasteiger partial charge in [0.2, 0.25) is 0 Å². The topological polar surface area (TPSA) is 100 Å². The molecule has 0 aromatic heterocycles. The van der Waals surface area contributed by atoms with Crippen LogP contribution in [0.1, 0.15) is 39.7 Å². The first-order chi connectivity index (χ1) is 14.2. The summed E-state index contributed by atoms with van der Waals surface area (Å²) in [5, 5.41) is 2.60. The standard InChI is InChI=1S/C21H30INO7/c1-5-15(2)17(23-19(25)27-11-16-9-7-6-8-10-16)18(24)28-12-21(3,4)13-29-20(26)30-14-22/h6-10,15,17H,5,11-14H2,1-4H3,(H,23,25)/t15-,17-/m0/s1. The first kappa shape index (κ1) is 26.0. The van der Waals surface area contributed by atoms with E-state index < -0.39 is 29.7 Å². The Hall–Kier alpha value is -2.04. The normalized spacial score (nSPS) is 13.0. The molecule has 0 aliphatic heterocycles. The number of halogens is 1. The number of nitrogens with one attached hydrogen (secondary N) is 1. The smallest absolute Gasteiger partial charge is 0.463 e. The summed E-state index contributed by atoms with van der Waals surface area (Å²) in [6.07, 6.45) is -0.803. The molecule has 1 N–H and O–H groups in total. The van der Waals surface area contributed by atoms with Gasteiger partial charge in [0.1, 0.15) is 23.9 Å². The summed E-state index contributed by atoms with van der Waals surface area (Å²) in [7, 11) is 0. The molecule has 0 heterocycles. The highest BCUT2D eigenvalue weighted by molar-refractivity contribution is 14.1. The van der Waals surface area contributed by atoms with E-state index >= 15 is 0 Å². The van der Waals surface area contributed by atoms with E-state index in [9.17, 15) is 14.4 Å². The molecule has 0 fully saturated rings. The Morgan fingerprint density at radius 3 is 2.27 bits per heavy atom. The molecule has 0 radical (unpaired) electrons. The minimum Gasteiger partial charge on any atom is -0.463 e. The molecule has 1 amide bonds. The van der Waals surface area contributed by atoms with E-state index in [-0.39, 0.29) is 30.4 Å². The Morgan fingerprint density at radius 2 is 1.67 bits per heavy atom. The number of carbonyl (C=O) groups excluding carboxylic acids is 3. The Balaban J connectivity index is 2.57. The fraction of sp³-hybridized carbons (Fsp3) is 0.571. The maximum absolute atomic E-state index is 12.6. The Kier molecular flexibility index (Phi) is 11.5. The van der Waals surface area contributed by atoms with Crippen molar-refractivity contribution >= 4 is 40.8 Å². The minimum atomic E-state index is -0.848. The van der Waals surface area contributed by atoms with Crippen LogP contribution in [0.3, 0.4) is 0 Å². The molecule has 0 aliphatic rings. The minimum absolute atomic E-state index is 0.0109. The second-order valence-electron chi connectivity index (χ2n) is 7.63. The number of ether oxygens (including phenoxy) is 4. The summed E-state index contributed by atoms with van der Waals surface area (Å²) in [5.41, 5.74) is 0.228. The Morgan fingerprint density at radius 1 is 1.03 bits per heavy atom. The average molecular weight is 535 g/mol. The van der Waals surface area contributed by atoms with Crippen LogP contribution in [0.25, 0.3) is 0 Å². The van der Waals surface area contributed by atoms with Crippen LogP contribution in [0.5, 0.6) is 0 Å². The number of rotatable bonds is 11. The molecule has 1 rings (SSSR count). The lowest BCUT2D eigenvalue weighted by Crippen LogP contribution is -2.47. The summed E-state index contributed by atoms with van der Waals surface area (Å²) in [6, 6.07) is 8.41. The molecule has 30 heavy (non-hydrogen) atoms. The maximum Gasteiger partial charge on any atom is 0.509 e. The number of hydrogen-bond acceptors (Lipinski definition) is 7. The van der Waals surface area contributed by atoms with Crippen LogP contribution in [0, 0.1) is 11.3 Å². The number of alkyl carbamates (subject to hydrolysis) is 1. The van der Waals surface area contributed by atoms with Crippen LogP contribution in [0.15, 0.2) is 30.3 Å². The van der Waals surface area contributed by atoms with Crippen LogP contribution in [-0.2, 0) is 30.3 Å². The van der Waals surface area contributed by atoms with Gasteiger partial charge in [-0.1, -0.05) is 64.4 Å². The van der Waals surface area contributed by atoms with Crippen molar-refractivity contribution in [2.75, 3.05) is 17.8 Å². The third kappa shape index (κ3) is 10.1. The second kappa shape index (κ2) is 13.3. The first-order valence-corrected chi connectivity index (χ1v) is 11.2. The van der Waals surface area contributed by atoms with Crippen LogP contribution >= 0.6 is 22.6 Å². The van der Waals surface area contributed by atoms with Crippen molar-refractivity contribution in [1.82, 2.24) is 5.32 Å². The van der Waals surface area contributed by atoms with Crippen molar-refractivity contribution in [2.45, 2.75) is 46.8 Å². The predicted molar refractivity (Wildman–Crippen MR) is 119 cm³/mol. The lowest BCUT2D eigenvalue weighted by atomic mass is 9.96. The van der Waals surface area contributed by atoms with Crippen LogP contribution < -0.4 is 5.32 Å². The van der Waals surface area contributed by atoms with E-state index in [1.165, 1.54) is 0 Å². The highest BCUT2D eigenvalue weighted by atomic mass is 127. The highest BCUT2D eigenvalue weighted by Gasteiger charge is 2.30. The van der Waals surface area contributed by atoms with Gasteiger partial charge in [-0.15, -0.1) is 0 Å². The quantitative estimate of drug-likeness (QED) is 0.194. The molecular weight excluding hydrogens is 505 g/mol. The van der Waals surface area contributed by atoms with Crippen molar-refractivity contribution in [2.24, 2.45) is 11.3 Å². The number of hydrogen-bond donors (Lipinski definition) is 1. The molecule has 0 aliphatic carbocycles. The van der Waals surface area contributed by atoms with Gasteiger partial charge in [0.15, 0.2) is 0 Å². The molecule has 9 heteroatoms. The molecule has 168 valence electrons. The lowest BCUT2D eigenvalue weighted by molar-refractivity contribution is -0.151. The van der Waals surface area contributed by atoms with Gasteiger partial charge in [-0.2, -0.15) is 0 Å². The van der Waals surface area contributed by atoms with Gasteiger partial charge in [0.05, 0.1) is 6.61 Å². The number of carbonyl (C=O) groups is 3. The van der Waals surface area contributed by atoms with E-state index in [1.54, 1.807) is 13.8 Å². The molecule has 1 aromatic rings. The number of alkyl halides is 1. The van der Waals surface area contributed by atoms with Crippen molar-refractivity contribution in [3.8, 4) is 0 Å². The molecule has 0 saturated carbocycles. The van der Waals surface area contributed by atoms with Gasteiger partial charge in [0, 0.05) is 5.41 Å². The number of amides is 1. The third-order valence-electron chi connectivity index (χ3n) is 4.31. The summed E-state index contributed by atoms with van der Waals surface area (Å²) >= 11 is 1.89. The van der Waals surface area contributed by atoms with Crippen LogP contribution in [0.2, 0.25) is 0 Å². The molecule has 0 spiro atoms. The van der Waals surface area contributed by atoms with Gasteiger partial charge in [-0.25, -0.2) is 14.4 Å². The zero-order valence-corrected chi connectivity index (χ0v) is 20.0. The first-order valence-electron chi connectivity index (χ1n) is 9.68. The summed E-state index contributed by atoms with van der Waals surface area (Å²) in [5.74, 6) is -0.719. The molecule has 2 atom stereocenters. The molecular formula is C21H30INO7. The predicted octanol–water partition coefficient (Wildman–Crippen LogP) is 4.44. The molecule has 1 aromatic carbocycles. The van der Waals surface area contributed by atoms with E-state index in [0.29, 0.717) is 6.42 Å².